The largest absolute Gasteiger partial charge is 0.197 e. The van der Waals surface area contributed by atoms with Crippen molar-refractivity contribution in [3.05, 3.63) is 34.5 Å². The lowest BCUT2D eigenvalue weighted by Crippen LogP contribution is -2.26. The molecule has 0 spiro atoms. The molecule has 0 radical (unpaired) electrons. The van der Waals surface area contributed by atoms with Gasteiger partial charge in [0, 0.05) is 10.8 Å². The van der Waals surface area contributed by atoms with E-state index >= 15 is 0 Å². The Labute approximate surface area is 93.1 Å². The molecule has 2 nitrogen and oxygen atoms in total. The molecular formula is C12H10N2S. The topological polar surface area (TPSA) is 47.6 Å². The number of rotatable bonds is 1. The van der Waals surface area contributed by atoms with Crippen molar-refractivity contribution in [3.63, 3.8) is 0 Å². The summed E-state index contributed by atoms with van der Waals surface area (Å²) in [5.74, 6) is 0.0394. The maximum Gasteiger partial charge on any atom is 0.155 e. The predicted octanol–water partition coefficient (Wildman–Crippen LogP) is 3.22. The second kappa shape index (κ2) is 3.88. The third-order valence-electron chi connectivity index (χ3n) is 2.86. The normalized spacial score (nSPS) is 22.9. The number of nitriles is 2. The molecular weight excluding hydrogens is 204 g/mol. The summed E-state index contributed by atoms with van der Waals surface area (Å²) < 4.78 is 0. The van der Waals surface area contributed by atoms with Gasteiger partial charge in [0.1, 0.15) is 0 Å². The first-order valence-corrected chi connectivity index (χ1v) is 5.71. The molecule has 1 unspecified atom stereocenters. The number of hydrogen-bond acceptors (Lipinski definition) is 3. The van der Waals surface area contributed by atoms with Crippen LogP contribution in [0.25, 0.3) is 0 Å². The van der Waals surface area contributed by atoms with Gasteiger partial charge in [0.25, 0.3) is 0 Å². The van der Waals surface area contributed by atoms with E-state index in [1.807, 2.05) is 23.6 Å². The lowest BCUT2D eigenvalue weighted by atomic mass is 9.70. The van der Waals surface area contributed by atoms with Gasteiger partial charge in [0.05, 0.1) is 12.1 Å². The summed E-state index contributed by atoms with van der Waals surface area (Å²) in [4.78, 5) is 1.14. The van der Waals surface area contributed by atoms with Crippen molar-refractivity contribution in [2.45, 2.75) is 18.8 Å². The van der Waals surface area contributed by atoms with E-state index < -0.39 is 5.41 Å². The van der Waals surface area contributed by atoms with Crippen molar-refractivity contribution >= 4 is 11.3 Å². The zero-order valence-corrected chi connectivity index (χ0v) is 9.00. The maximum absolute atomic E-state index is 9.21. The van der Waals surface area contributed by atoms with Crippen LogP contribution in [0.2, 0.25) is 0 Å². The fourth-order valence-corrected chi connectivity index (χ4v) is 2.90. The quantitative estimate of drug-likeness (QED) is 0.674. The highest BCUT2D eigenvalue weighted by molar-refractivity contribution is 7.10. The summed E-state index contributed by atoms with van der Waals surface area (Å²) in [6.07, 6.45) is 5.35. The van der Waals surface area contributed by atoms with Crippen LogP contribution < -0.4 is 0 Å². The summed E-state index contributed by atoms with van der Waals surface area (Å²) in [6, 6.07) is 8.38. The van der Waals surface area contributed by atoms with Crippen molar-refractivity contribution in [2.24, 2.45) is 5.41 Å². The Bertz CT molecular complexity index is 431. The Balaban J connectivity index is 2.43. The van der Waals surface area contributed by atoms with Crippen LogP contribution in [0, 0.1) is 28.1 Å². The van der Waals surface area contributed by atoms with Gasteiger partial charge < -0.3 is 0 Å². The number of thiophene rings is 1. The molecule has 0 aliphatic heterocycles. The van der Waals surface area contributed by atoms with Gasteiger partial charge in [-0.3, -0.25) is 0 Å². The molecule has 0 saturated heterocycles. The summed E-state index contributed by atoms with van der Waals surface area (Å²) in [5.41, 5.74) is -0.862. The summed E-state index contributed by atoms with van der Waals surface area (Å²) in [7, 11) is 0. The number of hydrogen-bond donors (Lipinski definition) is 0. The smallest absolute Gasteiger partial charge is 0.155 e. The van der Waals surface area contributed by atoms with E-state index in [9.17, 15) is 10.5 Å². The van der Waals surface area contributed by atoms with Crippen molar-refractivity contribution in [2.75, 3.05) is 0 Å². The number of nitrogens with zero attached hydrogens (tertiary/aromatic N) is 2. The summed E-state index contributed by atoms with van der Waals surface area (Å²) in [6.45, 7) is 0. The first-order chi connectivity index (χ1) is 7.32. The first kappa shape index (κ1) is 9.96. The van der Waals surface area contributed by atoms with Crippen molar-refractivity contribution in [1.29, 1.82) is 10.5 Å². The molecule has 1 aliphatic rings. The van der Waals surface area contributed by atoms with Gasteiger partial charge >= 0.3 is 0 Å². The Hall–Kier alpha value is -1.58. The van der Waals surface area contributed by atoms with Crippen LogP contribution in [-0.2, 0) is 0 Å². The van der Waals surface area contributed by atoms with Gasteiger partial charge in [0.2, 0.25) is 0 Å². The van der Waals surface area contributed by atoms with Gasteiger partial charge in [-0.1, -0.05) is 18.2 Å². The molecule has 0 N–H and O–H groups in total. The summed E-state index contributed by atoms with van der Waals surface area (Å²) >= 11 is 1.63. The third kappa shape index (κ3) is 1.56. The molecule has 3 heteroatoms. The molecule has 1 aliphatic carbocycles. The van der Waals surface area contributed by atoms with Crippen LogP contribution in [0.1, 0.15) is 23.6 Å². The molecule has 15 heavy (non-hydrogen) atoms. The minimum absolute atomic E-state index is 0.0394. The lowest BCUT2D eigenvalue weighted by Gasteiger charge is -2.29. The van der Waals surface area contributed by atoms with Crippen LogP contribution in [0.4, 0.5) is 0 Å². The van der Waals surface area contributed by atoms with Crippen LogP contribution in [0.15, 0.2) is 29.7 Å². The van der Waals surface area contributed by atoms with E-state index in [2.05, 4.69) is 18.2 Å². The van der Waals surface area contributed by atoms with Crippen molar-refractivity contribution in [1.82, 2.24) is 0 Å². The van der Waals surface area contributed by atoms with Crippen LogP contribution in [-0.4, -0.2) is 0 Å². The zero-order chi connectivity index (χ0) is 10.7. The minimum atomic E-state index is -0.862. The molecule has 1 aromatic heterocycles. The fourth-order valence-electron chi connectivity index (χ4n) is 1.97. The molecule has 0 fully saturated rings. The van der Waals surface area contributed by atoms with Gasteiger partial charge in [-0.15, -0.1) is 11.3 Å². The van der Waals surface area contributed by atoms with E-state index in [4.69, 9.17) is 0 Å². The highest BCUT2D eigenvalue weighted by atomic mass is 32.1. The lowest BCUT2D eigenvalue weighted by molar-refractivity contribution is 0.404. The molecule has 0 aromatic carbocycles. The highest BCUT2D eigenvalue weighted by Gasteiger charge is 2.41. The van der Waals surface area contributed by atoms with E-state index in [-0.39, 0.29) is 5.92 Å². The molecule has 2 rings (SSSR count). The van der Waals surface area contributed by atoms with Gasteiger partial charge in [-0.25, -0.2) is 0 Å². The zero-order valence-electron chi connectivity index (χ0n) is 8.18. The SMILES string of the molecule is N#CC1(C#N)CC=CCC1c1cccs1. The fraction of sp³-hybridized carbons (Fsp3) is 0.333. The standard InChI is InChI=1S/C12H10N2S/c13-8-12(9-14)6-2-1-4-10(12)11-5-3-7-15-11/h1-3,5,7,10H,4,6H2. The van der Waals surface area contributed by atoms with Gasteiger partial charge in [0.15, 0.2) is 5.41 Å². The second-order valence-electron chi connectivity index (χ2n) is 3.67. The average molecular weight is 214 g/mol. The van der Waals surface area contributed by atoms with E-state index in [1.165, 1.54) is 0 Å². The van der Waals surface area contributed by atoms with E-state index in [1.54, 1.807) is 11.3 Å². The average Bonchev–Trinajstić information content (AvgIpc) is 2.82. The van der Waals surface area contributed by atoms with Crippen molar-refractivity contribution < 1.29 is 0 Å². The van der Waals surface area contributed by atoms with Crippen LogP contribution >= 0.6 is 11.3 Å². The molecule has 0 amide bonds. The van der Waals surface area contributed by atoms with E-state index in [0.717, 1.165) is 11.3 Å². The van der Waals surface area contributed by atoms with Crippen LogP contribution in [0.3, 0.4) is 0 Å². The van der Waals surface area contributed by atoms with Gasteiger partial charge in [-0.05, 0) is 24.3 Å². The first-order valence-electron chi connectivity index (χ1n) is 4.83. The Morgan fingerprint density at radius 2 is 2.13 bits per heavy atom. The molecule has 1 heterocycles. The Morgan fingerprint density at radius 3 is 2.73 bits per heavy atom. The van der Waals surface area contributed by atoms with Crippen molar-refractivity contribution in [3.8, 4) is 12.1 Å². The van der Waals surface area contributed by atoms with E-state index in [0.29, 0.717) is 6.42 Å². The molecule has 74 valence electrons. The predicted molar refractivity (Wildman–Crippen MR) is 59.1 cm³/mol. The molecule has 0 saturated carbocycles. The van der Waals surface area contributed by atoms with Gasteiger partial charge in [-0.2, -0.15) is 10.5 Å². The third-order valence-corrected chi connectivity index (χ3v) is 3.84. The second-order valence-corrected chi connectivity index (χ2v) is 4.65. The molecule has 0 bridgehead atoms. The summed E-state index contributed by atoms with van der Waals surface area (Å²) in [5, 5.41) is 20.4. The Morgan fingerprint density at radius 1 is 1.33 bits per heavy atom. The number of allylic oxidation sites excluding steroid dienone is 2. The molecule has 1 aromatic rings. The molecule has 1 atom stereocenters. The Kier molecular flexibility index (Phi) is 2.58. The van der Waals surface area contributed by atoms with Crippen LogP contribution in [0.5, 0.6) is 0 Å². The maximum atomic E-state index is 9.21. The highest BCUT2D eigenvalue weighted by Crippen LogP contribution is 2.45. The monoisotopic (exact) mass is 214 g/mol. The minimum Gasteiger partial charge on any atom is -0.197 e.